The molecule has 4 aromatic rings. The molecule has 0 saturated carbocycles. The van der Waals surface area contributed by atoms with Crippen LogP contribution in [0, 0.1) is 5.82 Å². The van der Waals surface area contributed by atoms with Gasteiger partial charge in [-0.1, -0.05) is 12.1 Å². The van der Waals surface area contributed by atoms with Crippen LogP contribution in [0.15, 0.2) is 78.0 Å². The number of aromatic nitrogens is 3. The molecule has 2 aromatic carbocycles. The van der Waals surface area contributed by atoms with E-state index in [2.05, 4.69) is 9.97 Å². The lowest BCUT2D eigenvalue weighted by Gasteiger charge is -2.02. The Morgan fingerprint density at radius 3 is 2.00 bits per heavy atom. The lowest BCUT2D eigenvalue weighted by atomic mass is 10.1. The Bertz CT molecular complexity index is 1100. The quantitative estimate of drug-likeness (QED) is 0.445. The minimum atomic E-state index is -1.03. The molecule has 4 rings (SSSR count). The third kappa shape index (κ3) is 4.90. The van der Waals surface area contributed by atoms with E-state index in [1.807, 2.05) is 36.4 Å². The second-order valence-corrected chi connectivity index (χ2v) is 7.41. The number of pyridine rings is 1. The van der Waals surface area contributed by atoms with E-state index in [9.17, 15) is 8.60 Å². The van der Waals surface area contributed by atoms with Gasteiger partial charge in [0.05, 0.1) is 11.4 Å². The number of H-pyrrole nitrogens is 1. The molecular weight excluding hydrogens is 432 g/mol. The number of nitrogens with zero attached hydrogens (tertiary/aromatic N) is 2. The standard InChI is InChI=1S/C21H16FN3OS.2ClH/c1-27(26)18-8-4-16(5-9-18)21-24-19(14-2-6-17(22)7-3-14)20(25-21)15-10-12-23-13-11-15;;/h2-13H,1H3,(H,24,25);2*1H. The summed E-state index contributed by atoms with van der Waals surface area (Å²) < 4.78 is 24.9. The summed E-state index contributed by atoms with van der Waals surface area (Å²) in [6.07, 6.45) is 5.08. The highest BCUT2D eigenvalue weighted by Gasteiger charge is 2.15. The molecule has 150 valence electrons. The van der Waals surface area contributed by atoms with Gasteiger partial charge in [0.1, 0.15) is 11.6 Å². The summed E-state index contributed by atoms with van der Waals surface area (Å²) in [6.45, 7) is 0. The molecule has 1 N–H and O–H groups in total. The average Bonchev–Trinajstić information content (AvgIpc) is 3.15. The zero-order chi connectivity index (χ0) is 18.8. The van der Waals surface area contributed by atoms with Gasteiger partial charge in [-0.2, -0.15) is 0 Å². The Hall–Kier alpha value is -2.54. The Labute approximate surface area is 182 Å². The zero-order valence-electron chi connectivity index (χ0n) is 15.3. The van der Waals surface area contributed by atoms with Crippen molar-refractivity contribution in [2.24, 2.45) is 0 Å². The van der Waals surface area contributed by atoms with Crippen molar-refractivity contribution < 1.29 is 8.60 Å². The van der Waals surface area contributed by atoms with E-state index in [1.54, 1.807) is 30.8 Å². The Kier molecular flexibility index (Phi) is 7.67. The first kappa shape index (κ1) is 22.7. The fourth-order valence-corrected chi connectivity index (χ4v) is 3.38. The summed E-state index contributed by atoms with van der Waals surface area (Å²) in [6, 6.07) is 17.5. The van der Waals surface area contributed by atoms with Crippen LogP contribution in [0.5, 0.6) is 0 Å². The van der Waals surface area contributed by atoms with E-state index in [1.165, 1.54) is 12.1 Å². The van der Waals surface area contributed by atoms with Crippen LogP contribution < -0.4 is 0 Å². The maximum Gasteiger partial charge on any atom is 0.138 e. The zero-order valence-corrected chi connectivity index (χ0v) is 17.8. The molecule has 0 radical (unpaired) electrons. The van der Waals surface area contributed by atoms with E-state index in [-0.39, 0.29) is 30.6 Å². The number of halogens is 3. The van der Waals surface area contributed by atoms with Crippen LogP contribution in [0.4, 0.5) is 4.39 Å². The van der Waals surface area contributed by atoms with E-state index < -0.39 is 10.8 Å². The predicted molar refractivity (Wildman–Crippen MR) is 119 cm³/mol. The normalized spacial score (nSPS) is 11.2. The molecule has 0 fully saturated rings. The third-order valence-electron chi connectivity index (χ3n) is 4.25. The Morgan fingerprint density at radius 2 is 1.41 bits per heavy atom. The van der Waals surface area contributed by atoms with Crippen LogP contribution in [0.2, 0.25) is 0 Å². The van der Waals surface area contributed by atoms with Gasteiger partial charge in [0.25, 0.3) is 0 Å². The molecule has 0 aliphatic carbocycles. The van der Waals surface area contributed by atoms with Crippen LogP contribution in [-0.4, -0.2) is 25.4 Å². The van der Waals surface area contributed by atoms with Crippen molar-refractivity contribution in [1.82, 2.24) is 15.0 Å². The molecule has 4 nitrogen and oxygen atoms in total. The van der Waals surface area contributed by atoms with Gasteiger partial charge in [0, 0.05) is 51.0 Å². The molecule has 0 aliphatic heterocycles. The molecular formula is C21H18Cl2FN3OS. The van der Waals surface area contributed by atoms with E-state index >= 15 is 0 Å². The summed E-state index contributed by atoms with van der Waals surface area (Å²) in [5.74, 6) is 0.401. The maximum absolute atomic E-state index is 13.3. The van der Waals surface area contributed by atoms with Gasteiger partial charge in [0.15, 0.2) is 0 Å². The first-order valence-corrected chi connectivity index (χ1v) is 9.88. The van der Waals surface area contributed by atoms with Crippen molar-refractivity contribution in [3.8, 4) is 33.9 Å². The number of hydrogen-bond acceptors (Lipinski definition) is 3. The highest BCUT2D eigenvalue weighted by atomic mass is 35.5. The van der Waals surface area contributed by atoms with Gasteiger partial charge in [-0.3, -0.25) is 9.19 Å². The van der Waals surface area contributed by atoms with Gasteiger partial charge >= 0.3 is 0 Å². The minimum absolute atomic E-state index is 0. The SMILES string of the molecule is CS(=O)c1ccc(-c2nc(-c3ccc(F)cc3)c(-c3ccncc3)[nH]2)cc1.Cl.Cl. The summed E-state index contributed by atoms with van der Waals surface area (Å²) >= 11 is 0. The fourth-order valence-electron chi connectivity index (χ4n) is 2.86. The minimum Gasteiger partial charge on any atom is -0.337 e. The molecule has 0 spiro atoms. The molecule has 1 atom stereocenters. The Morgan fingerprint density at radius 1 is 0.828 bits per heavy atom. The van der Waals surface area contributed by atoms with Crippen molar-refractivity contribution in [2.45, 2.75) is 4.90 Å². The van der Waals surface area contributed by atoms with E-state index in [4.69, 9.17) is 4.98 Å². The highest BCUT2D eigenvalue weighted by Crippen LogP contribution is 2.33. The number of imidazole rings is 1. The molecule has 0 bridgehead atoms. The van der Waals surface area contributed by atoms with Gasteiger partial charge in [-0.05, 0) is 48.5 Å². The summed E-state index contributed by atoms with van der Waals surface area (Å²) in [4.78, 5) is 13.0. The van der Waals surface area contributed by atoms with Gasteiger partial charge < -0.3 is 4.98 Å². The van der Waals surface area contributed by atoms with Crippen LogP contribution in [-0.2, 0) is 10.8 Å². The smallest absolute Gasteiger partial charge is 0.138 e. The molecule has 0 saturated heterocycles. The van der Waals surface area contributed by atoms with Crippen LogP contribution in [0.1, 0.15) is 0 Å². The van der Waals surface area contributed by atoms with Crippen LogP contribution >= 0.6 is 24.8 Å². The molecule has 0 aliphatic rings. The molecule has 2 heterocycles. The second kappa shape index (κ2) is 9.78. The van der Waals surface area contributed by atoms with E-state index in [0.717, 1.165) is 33.0 Å². The molecule has 2 aromatic heterocycles. The summed E-state index contributed by atoms with van der Waals surface area (Å²) in [7, 11) is -1.03. The van der Waals surface area contributed by atoms with E-state index in [0.29, 0.717) is 5.82 Å². The topological polar surface area (TPSA) is 58.6 Å². The number of hydrogen-bond donors (Lipinski definition) is 1. The average molecular weight is 450 g/mol. The number of benzene rings is 2. The monoisotopic (exact) mass is 449 g/mol. The van der Waals surface area contributed by atoms with Crippen molar-refractivity contribution in [1.29, 1.82) is 0 Å². The third-order valence-corrected chi connectivity index (χ3v) is 5.19. The summed E-state index contributed by atoms with van der Waals surface area (Å²) in [5, 5.41) is 0. The van der Waals surface area contributed by atoms with Crippen molar-refractivity contribution in [2.75, 3.05) is 6.26 Å². The molecule has 8 heteroatoms. The van der Waals surface area contributed by atoms with Crippen molar-refractivity contribution in [3.05, 3.63) is 78.9 Å². The number of nitrogens with one attached hydrogen (secondary N) is 1. The second-order valence-electron chi connectivity index (χ2n) is 6.03. The first-order chi connectivity index (χ1) is 13.1. The lowest BCUT2D eigenvalue weighted by molar-refractivity contribution is 0.628. The molecule has 29 heavy (non-hydrogen) atoms. The summed E-state index contributed by atoms with van der Waals surface area (Å²) in [5.41, 5.74) is 4.21. The number of rotatable bonds is 4. The first-order valence-electron chi connectivity index (χ1n) is 8.32. The number of aromatic amines is 1. The van der Waals surface area contributed by atoms with Gasteiger partial charge in [-0.25, -0.2) is 9.37 Å². The van der Waals surface area contributed by atoms with Crippen molar-refractivity contribution >= 4 is 35.6 Å². The van der Waals surface area contributed by atoms with Crippen LogP contribution in [0.3, 0.4) is 0 Å². The highest BCUT2D eigenvalue weighted by molar-refractivity contribution is 7.84. The van der Waals surface area contributed by atoms with Gasteiger partial charge in [0.2, 0.25) is 0 Å². The largest absolute Gasteiger partial charge is 0.337 e. The fraction of sp³-hybridized carbons (Fsp3) is 0.0476. The Balaban J connectivity index is 0.00000150. The van der Waals surface area contributed by atoms with Gasteiger partial charge in [-0.15, -0.1) is 24.8 Å². The van der Waals surface area contributed by atoms with Crippen LogP contribution in [0.25, 0.3) is 33.9 Å². The van der Waals surface area contributed by atoms with Crippen molar-refractivity contribution in [3.63, 3.8) is 0 Å². The maximum atomic E-state index is 13.3. The molecule has 0 amide bonds. The predicted octanol–water partition coefficient (Wildman–Crippen LogP) is 5.53. The molecule has 1 unspecified atom stereocenters. The lowest BCUT2D eigenvalue weighted by Crippen LogP contribution is -1.87.